The molecule has 0 bridgehead atoms. The second-order valence-electron chi connectivity index (χ2n) is 11.0. The van der Waals surface area contributed by atoms with Crippen molar-refractivity contribution in [2.75, 3.05) is 18.5 Å². The van der Waals surface area contributed by atoms with Gasteiger partial charge in [0.15, 0.2) is 6.61 Å². The molecule has 39 heavy (non-hydrogen) atoms. The quantitative estimate of drug-likeness (QED) is 0.296. The summed E-state index contributed by atoms with van der Waals surface area (Å²) in [5.41, 5.74) is 0.959. The summed E-state index contributed by atoms with van der Waals surface area (Å²) in [5, 5.41) is 2.62. The van der Waals surface area contributed by atoms with Crippen molar-refractivity contribution in [1.82, 2.24) is 0 Å². The highest BCUT2D eigenvalue weighted by molar-refractivity contribution is 6.04. The third-order valence-corrected chi connectivity index (χ3v) is 6.87. The maximum Gasteiger partial charge on any atom is 0.339 e. The van der Waals surface area contributed by atoms with E-state index in [-0.39, 0.29) is 29.1 Å². The average molecular weight is 538 g/mol. The van der Waals surface area contributed by atoms with E-state index in [1.165, 1.54) is 12.1 Å². The molecule has 0 aromatic heterocycles. The zero-order valence-electron chi connectivity index (χ0n) is 23.4. The zero-order chi connectivity index (χ0) is 28.5. The largest absolute Gasteiger partial charge is 0.462 e. The number of amides is 1. The first-order chi connectivity index (χ1) is 18.5. The van der Waals surface area contributed by atoms with Crippen molar-refractivity contribution in [3.05, 3.63) is 65.2 Å². The Bertz CT molecular complexity index is 1160. The van der Waals surface area contributed by atoms with Crippen LogP contribution in [0, 0.1) is 23.7 Å². The molecule has 2 aromatic rings. The summed E-state index contributed by atoms with van der Waals surface area (Å²) >= 11 is 0. The molecule has 0 heterocycles. The van der Waals surface area contributed by atoms with Crippen LogP contribution in [0.2, 0.25) is 0 Å². The standard InChI is InChI=1S/C31H39NO7/c1-19(2)17-37-29(34)22-11-13-23(14-12-22)32-28(33)18-38-30(35)25-8-6-7-9-26(25)31(36)39-27-16-21(5)10-15-24(27)20(3)4/h6-9,11-14,19-21,24,27H,10,15-18H2,1-5H3,(H,32,33)/t21-,24+,27-/m1/s1. The molecule has 1 aliphatic carbocycles. The predicted molar refractivity (Wildman–Crippen MR) is 147 cm³/mol. The summed E-state index contributed by atoms with van der Waals surface area (Å²) in [4.78, 5) is 50.3. The molecule has 8 heteroatoms. The number of ether oxygens (including phenoxy) is 3. The number of benzene rings is 2. The van der Waals surface area contributed by atoms with Gasteiger partial charge in [-0.05, 0) is 72.9 Å². The van der Waals surface area contributed by atoms with Gasteiger partial charge in [0.25, 0.3) is 5.91 Å². The third kappa shape index (κ3) is 8.67. The number of carbonyl (C=O) groups excluding carboxylic acids is 4. The zero-order valence-corrected chi connectivity index (χ0v) is 23.4. The van der Waals surface area contributed by atoms with Gasteiger partial charge in [-0.15, -0.1) is 0 Å². The lowest BCUT2D eigenvalue weighted by molar-refractivity contribution is -0.119. The van der Waals surface area contributed by atoms with Crippen molar-refractivity contribution in [2.24, 2.45) is 23.7 Å². The van der Waals surface area contributed by atoms with Crippen molar-refractivity contribution in [2.45, 2.75) is 60.0 Å². The molecule has 1 aliphatic rings. The van der Waals surface area contributed by atoms with Crippen LogP contribution in [0.15, 0.2) is 48.5 Å². The highest BCUT2D eigenvalue weighted by Crippen LogP contribution is 2.36. The molecule has 0 saturated heterocycles. The summed E-state index contributed by atoms with van der Waals surface area (Å²) in [6.45, 7) is 10.1. The first-order valence-electron chi connectivity index (χ1n) is 13.6. The molecule has 0 radical (unpaired) electrons. The summed E-state index contributed by atoms with van der Waals surface area (Å²) in [7, 11) is 0. The fraction of sp³-hybridized carbons (Fsp3) is 0.484. The Morgan fingerprint density at radius 3 is 2.10 bits per heavy atom. The molecule has 2 aromatic carbocycles. The van der Waals surface area contributed by atoms with E-state index < -0.39 is 30.4 Å². The number of rotatable bonds is 10. The third-order valence-electron chi connectivity index (χ3n) is 6.87. The normalized spacial score (nSPS) is 18.9. The highest BCUT2D eigenvalue weighted by atomic mass is 16.5. The van der Waals surface area contributed by atoms with Gasteiger partial charge >= 0.3 is 17.9 Å². The van der Waals surface area contributed by atoms with Crippen LogP contribution in [0.4, 0.5) is 5.69 Å². The van der Waals surface area contributed by atoms with Crippen LogP contribution in [-0.2, 0) is 19.0 Å². The molecule has 1 amide bonds. The van der Waals surface area contributed by atoms with Crippen molar-refractivity contribution < 1.29 is 33.4 Å². The second-order valence-corrected chi connectivity index (χ2v) is 11.0. The van der Waals surface area contributed by atoms with Crippen LogP contribution in [0.1, 0.15) is 85.0 Å². The van der Waals surface area contributed by atoms with E-state index in [0.717, 1.165) is 19.3 Å². The Labute approximate surface area is 230 Å². The number of anilines is 1. The monoisotopic (exact) mass is 537 g/mol. The second kappa shape index (κ2) is 13.9. The smallest absolute Gasteiger partial charge is 0.339 e. The summed E-state index contributed by atoms with van der Waals surface area (Å²) in [6.07, 6.45) is 2.69. The van der Waals surface area contributed by atoms with E-state index in [2.05, 4.69) is 26.1 Å². The van der Waals surface area contributed by atoms with Gasteiger partial charge in [0.2, 0.25) is 0 Å². The van der Waals surface area contributed by atoms with Crippen LogP contribution >= 0.6 is 0 Å². The number of nitrogens with one attached hydrogen (secondary N) is 1. The molecular weight excluding hydrogens is 498 g/mol. The van der Waals surface area contributed by atoms with Crippen molar-refractivity contribution in [3.63, 3.8) is 0 Å². The average Bonchev–Trinajstić information content (AvgIpc) is 2.90. The molecule has 0 unspecified atom stereocenters. The lowest BCUT2D eigenvalue weighted by atomic mass is 9.75. The summed E-state index contributed by atoms with van der Waals surface area (Å²) in [5.74, 6) is -1.02. The minimum Gasteiger partial charge on any atom is -0.462 e. The highest BCUT2D eigenvalue weighted by Gasteiger charge is 2.34. The van der Waals surface area contributed by atoms with Gasteiger partial charge in [0.1, 0.15) is 6.10 Å². The lowest BCUT2D eigenvalue weighted by Gasteiger charge is -2.36. The van der Waals surface area contributed by atoms with Gasteiger partial charge in [-0.1, -0.05) is 53.2 Å². The maximum absolute atomic E-state index is 13.1. The maximum atomic E-state index is 13.1. The van der Waals surface area contributed by atoms with Gasteiger partial charge in [0.05, 0.1) is 23.3 Å². The van der Waals surface area contributed by atoms with E-state index in [0.29, 0.717) is 29.7 Å². The van der Waals surface area contributed by atoms with Gasteiger partial charge in [-0.25, -0.2) is 14.4 Å². The lowest BCUT2D eigenvalue weighted by Crippen LogP contribution is -2.36. The Kier molecular flexibility index (Phi) is 10.7. The molecule has 3 atom stereocenters. The van der Waals surface area contributed by atoms with Gasteiger partial charge < -0.3 is 19.5 Å². The van der Waals surface area contributed by atoms with Crippen molar-refractivity contribution >= 4 is 29.5 Å². The Morgan fingerprint density at radius 1 is 0.846 bits per heavy atom. The Hall–Kier alpha value is -3.68. The van der Waals surface area contributed by atoms with Gasteiger partial charge in [-0.2, -0.15) is 0 Å². The molecule has 1 saturated carbocycles. The number of hydrogen-bond acceptors (Lipinski definition) is 7. The van der Waals surface area contributed by atoms with Crippen LogP contribution in [0.25, 0.3) is 0 Å². The minimum atomic E-state index is -0.793. The van der Waals surface area contributed by atoms with Crippen LogP contribution in [0.3, 0.4) is 0 Å². The van der Waals surface area contributed by atoms with E-state index in [4.69, 9.17) is 14.2 Å². The molecule has 210 valence electrons. The fourth-order valence-electron chi connectivity index (χ4n) is 4.71. The Morgan fingerprint density at radius 2 is 1.49 bits per heavy atom. The van der Waals surface area contributed by atoms with E-state index in [9.17, 15) is 19.2 Å². The fourth-order valence-corrected chi connectivity index (χ4v) is 4.71. The molecule has 3 rings (SSSR count). The first-order valence-corrected chi connectivity index (χ1v) is 13.6. The van der Waals surface area contributed by atoms with Crippen molar-refractivity contribution in [3.8, 4) is 0 Å². The number of carbonyl (C=O) groups is 4. The molecule has 1 fully saturated rings. The van der Waals surface area contributed by atoms with Gasteiger partial charge in [0, 0.05) is 5.69 Å². The molecule has 8 nitrogen and oxygen atoms in total. The van der Waals surface area contributed by atoms with Crippen molar-refractivity contribution in [1.29, 1.82) is 0 Å². The number of esters is 3. The SMILES string of the molecule is CC(C)COC(=O)c1ccc(NC(=O)COC(=O)c2ccccc2C(=O)O[C@@H]2C[C@H](C)CC[C@H]2C(C)C)cc1. The van der Waals surface area contributed by atoms with Crippen LogP contribution < -0.4 is 5.32 Å². The molecule has 1 N–H and O–H groups in total. The van der Waals surface area contributed by atoms with E-state index >= 15 is 0 Å². The summed E-state index contributed by atoms with van der Waals surface area (Å²) in [6, 6.07) is 12.5. The predicted octanol–water partition coefficient (Wildman–Crippen LogP) is 5.91. The Balaban J connectivity index is 1.57. The van der Waals surface area contributed by atoms with E-state index in [1.807, 2.05) is 13.8 Å². The topological polar surface area (TPSA) is 108 Å². The molecule has 0 spiro atoms. The molecular formula is C31H39NO7. The van der Waals surface area contributed by atoms with E-state index in [1.54, 1.807) is 36.4 Å². The summed E-state index contributed by atoms with van der Waals surface area (Å²) < 4.78 is 16.3. The van der Waals surface area contributed by atoms with Gasteiger partial charge in [-0.3, -0.25) is 4.79 Å². The van der Waals surface area contributed by atoms with Crippen LogP contribution in [-0.4, -0.2) is 43.1 Å². The van der Waals surface area contributed by atoms with Crippen LogP contribution in [0.5, 0.6) is 0 Å². The number of hydrogen-bond donors (Lipinski definition) is 1. The molecule has 0 aliphatic heterocycles. The first kappa shape index (κ1) is 29.9. The minimum absolute atomic E-state index is 0.0458.